The predicted octanol–water partition coefficient (Wildman–Crippen LogP) is 3.28. The summed E-state index contributed by atoms with van der Waals surface area (Å²) in [5.74, 6) is -0.362. The van der Waals surface area contributed by atoms with Gasteiger partial charge in [0, 0.05) is 23.3 Å². The molecule has 1 atom stereocenters. The lowest BCUT2D eigenvalue weighted by atomic mass is 10.1. The van der Waals surface area contributed by atoms with Crippen LogP contribution in [0.25, 0.3) is 0 Å². The maximum Gasteiger partial charge on any atom is 0.262 e. The fourth-order valence-electron chi connectivity index (χ4n) is 2.59. The molecule has 1 aliphatic rings. The zero-order valence-electron chi connectivity index (χ0n) is 11.0. The molecule has 0 aromatic heterocycles. The van der Waals surface area contributed by atoms with Gasteiger partial charge in [-0.1, -0.05) is 24.6 Å². The smallest absolute Gasteiger partial charge is 0.262 e. The Kier molecular flexibility index (Phi) is 4.62. The van der Waals surface area contributed by atoms with Crippen LogP contribution in [0.15, 0.2) is 23.1 Å². The normalized spacial score (nSPS) is 19.4. The van der Waals surface area contributed by atoms with E-state index in [2.05, 4.69) is 0 Å². The molecule has 1 aromatic rings. The third kappa shape index (κ3) is 2.95. The molecule has 0 spiro atoms. The number of rotatable bonds is 3. The molecule has 2 rings (SSSR count). The van der Waals surface area contributed by atoms with Crippen LogP contribution in [0, 0.1) is 0 Å². The highest BCUT2D eigenvalue weighted by atomic mass is 35.7. The molecular weight excluding hydrogens is 321 g/mol. The molecule has 0 aliphatic carbocycles. The molecule has 1 unspecified atom stereocenters. The highest BCUT2D eigenvalue weighted by Gasteiger charge is 2.32. The molecule has 1 amide bonds. The molecule has 1 aromatic carbocycles. The minimum atomic E-state index is -4.01. The van der Waals surface area contributed by atoms with Crippen LogP contribution in [-0.4, -0.2) is 31.8 Å². The Labute approximate surface area is 128 Å². The standard InChI is InChI=1S/C13H15Cl2NO3S/c1-2-9-5-4-8-16(9)13(17)12-10(14)6-3-7-11(12)20(15,18)19/h3,6-7,9H,2,4-5,8H2,1H3. The first-order valence-electron chi connectivity index (χ1n) is 6.40. The molecule has 1 fully saturated rings. The molecule has 0 radical (unpaired) electrons. The number of amides is 1. The van der Waals surface area contributed by atoms with Crippen LogP contribution in [0.1, 0.15) is 36.5 Å². The summed E-state index contributed by atoms with van der Waals surface area (Å²) in [6.45, 7) is 2.62. The average Bonchev–Trinajstić information content (AvgIpc) is 2.84. The van der Waals surface area contributed by atoms with Crippen LogP contribution in [0.2, 0.25) is 5.02 Å². The van der Waals surface area contributed by atoms with Gasteiger partial charge in [0.15, 0.2) is 0 Å². The van der Waals surface area contributed by atoms with Gasteiger partial charge in [-0.05, 0) is 31.4 Å². The minimum Gasteiger partial charge on any atom is -0.336 e. The average molecular weight is 336 g/mol. The van der Waals surface area contributed by atoms with Crippen molar-refractivity contribution in [2.75, 3.05) is 6.54 Å². The van der Waals surface area contributed by atoms with Crippen molar-refractivity contribution < 1.29 is 13.2 Å². The van der Waals surface area contributed by atoms with Crippen LogP contribution in [0.5, 0.6) is 0 Å². The van der Waals surface area contributed by atoms with E-state index in [1.165, 1.54) is 18.2 Å². The number of benzene rings is 1. The third-order valence-corrected chi connectivity index (χ3v) is 5.24. The van der Waals surface area contributed by atoms with E-state index < -0.39 is 9.05 Å². The van der Waals surface area contributed by atoms with Gasteiger partial charge in [-0.25, -0.2) is 8.42 Å². The molecule has 1 aliphatic heterocycles. The number of carbonyl (C=O) groups is 1. The van der Waals surface area contributed by atoms with Crippen molar-refractivity contribution in [2.24, 2.45) is 0 Å². The summed E-state index contributed by atoms with van der Waals surface area (Å²) in [7, 11) is 1.39. The number of hydrogen-bond donors (Lipinski definition) is 0. The van der Waals surface area contributed by atoms with E-state index in [0.29, 0.717) is 6.54 Å². The highest BCUT2D eigenvalue weighted by Crippen LogP contribution is 2.30. The Morgan fingerprint density at radius 3 is 2.75 bits per heavy atom. The van der Waals surface area contributed by atoms with Gasteiger partial charge in [-0.3, -0.25) is 4.79 Å². The maximum atomic E-state index is 12.6. The van der Waals surface area contributed by atoms with Gasteiger partial charge in [-0.2, -0.15) is 0 Å². The molecule has 0 saturated carbocycles. The highest BCUT2D eigenvalue weighted by molar-refractivity contribution is 8.13. The second kappa shape index (κ2) is 5.92. The van der Waals surface area contributed by atoms with Crippen molar-refractivity contribution in [2.45, 2.75) is 37.1 Å². The minimum absolute atomic E-state index is 0.0236. The van der Waals surface area contributed by atoms with E-state index in [-0.39, 0.29) is 27.4 Å². The number of halogens is 2. The van der Waals surface area contributed by atoms with Crippen LogP contribution >= 0.6 is 22.3 Å². The maximum absolute atomic E-state index is 12.6. The van der Waals surface area contributed by atoms with Crippen LogP contribution in [0.3, 0.4) is 0 Å². The quantitative estimate of drug-likeness (QED) is 0.796. The fraction of sp³-hybridized carbons (Fsp3) is 0.462. The summed E-state index contributed by atoms with van der Waals surface area (Å²) in [5, 5.41) is 0.110. The molecule has 0 bridgehead atoms. The first-order valence-corrected chi connectivity index (χ1v) is 9.09. The van der Waals surface area contributed by atoms with Gasteiger partial charge in [0.1, 0.15) is 0 Å². The van der Waals surface area contributed by atoms with Crippen LogP contribution in [0.4, 0.5) is 0 Å². The summed E-state index contributed by atoms with van der Waals surface area (Å²) in [6, 6.07) is 4.40. The Balaban J connectivity index is 2.50. The third-order valence-electron chi connectivity index (χ3n) is 3.56. The lowest BCUT2D eigenvalue weighted by Gasteiger charge is -2.24. The number of carbonyl (C=O) groups excluding carboxylic acids is 1. The number of likely N-dealkylation sites (tertiary alicyclic amines) is 1. The zero-order chi connectivity index (χ0) is 14.9. The van der Waals surface area contributed by atoms with E-state index in [9.17, 15) is 13.2 Å². The van der Waals surface area contributed by atoms with Gasteiger partial charge >= 0.3 is 0 Å². The van der Waals surface area contributed by atoms with E-state index in [4.69, 9.17) is 22.3 Å². The SMILES string of the molecule is CCC1CCCN1C(=O)c1c(Cl)cccc1S(=O)(=O)Cl. The van der Waals surface area contributed by atoms with Gasteiger partial charge in [-0.15, -0.1) is 0 Å². The van der Waals surface area contributed by atoms with Gasteiger partial charge < -0.3 is 4.90 Å². The van der Waals surface area contributed by atoms with E-state index >= 15 is 0 Å². The van der Waals surface area contributed by atoms with E-state index in [1.54, 1.807) is 4.90 Å². The molecule has 1 saturated heterocycles. The molecule has 4 nitrogen and oxygen atoms in total. The van der Waals surface area contributed by atoms with Gasteiger partial charge in [0.05, 0.1) is 15.5 Å². The number of hydrogen-bond acceptors (Lipinski definition) is 3. The van der Waals surface area contributed by atoms with Crippen molar-refractivity contribution in [1.82, 2.24) is 4.90 Å². The van der Waals surface area contributed by atoms with Gasteiger partial charge in [0.2, 0.25) is 0 Å². The Morgan fingerprint density at radius 1 is 1.45 bits per heavy atom. The van der Waals surface area contributed by atoms with Crippen molar-refractivity contribution in [1.29, 1.82) is 0 Å². The van der Waals surface area contributed by atoms with E-state index in [0.717, 1.165) is 19.3 Å². The van der Waals surface area contributed by atoms with Crippen molar-refractivity contribution in [3.8, 4) is 0 Å². The Hall–Kier alpha value is -0.780. The fourth-order valence-corrected chi connectivity index (χ4v) is 3.97. The van der Waals surface area contributed by atoms with Gasteiger partial charge in [0.25, 0.3) is 15.0 Å². The lowest BCUT2D eigenvalue weighted by Crippen LogP contribution is -2.35. The molecule has 1 heterocycles. The van der Waals surface area contributed by atoms with Crippen molar-refractivity contribution >= 4 is 37.2 Å². The molecule has 20 heavy (non-hydrogen) atoms. The molecule has 0 N–H and O–H groups in total. The van der Waals surface area contributed by atoms with E-state index in [1.807, 2.05) is 6.92 Å². The summed E-state index contributed by atoms with van der Waals surface area (Å²) in [5.41, 5.74) is -0.0236. The van der Waals surface area contributed by atoms with Crippen LogP contribution in [-0.2, 0) is 9.05 Å². The molecule has 110 valence electrons. The molecule has 7 heteroatoms. The zero-order valence-corrected chi connectivity index (χ0v) is 13.3. The monoisotopic (exact) mass is 335 g/mol. The Morgan fingerprint density at radius 2 is 2.15 bits per heavy atom. The van der Waals surface area contributed by atoms with Crippen molar-refractivity contribution in [3.05, 3.63) is 28.8 Å². The Bertz CT molecular complexity index is 631. The van der Waals surface area contributed by atoms with Crippen LogP contribution < -0.4 is 0 Å². The largest absolute Gasteiger partial charge is 0.336 e. The second-order valence-electron chi connectivity index (χ2n) is 4.75. The summed E-state index contributed by atoms with van der Waals surface area (Å²) >= 11 is 6.03. The lowest BCUT2D eigenvalue weighted by molar-refractivity contribution is 0.0730. The first-order chi connectivity index (χ1) is 9.36. The summed E-state index contributed by atoms with van der Waals surface area (Å²) in [4.78, 5) is 14.1. The topological polar surface area (TPSA) is 54.5 Å². The molecular formula is C13H15Cl2NO3S. The first kappa shape index (κ1) is 15.6. The summed E-state index contributed by atoms with van der Waals surface area (Å²) in [6.07, 6.45) is 2.67. The predicted molar refractivity (Wildman–Crippen MR) is 78.8 cm³/mol. The second-order valence-corrected chi connectivity index (χ2v) is 7.70. The summed E-state index contributed by atoms with van der Waals surface area (Å²) < 4.78 is 23.2. The number of nitrogens with zero attached hydrogens (tertiary/aromatic N) is 1. The van der Waals surface area contributed by atoms with Crippen molar-refractivity contribution in [3.63, 3.8) is 0 Å².